The first-order chi connectivity index (χ1) is 8.38. The van der Waals surface area contributed by atoms with Gasteiger partial charge in [0.2, 0.25) is 0 Å². The van der Waals surface area contributed by atoms with E-state index in [9.17, 15) is 0 Å². The van der Waals surface area contributed by atoms with E-state index in [1.165, 1.54) is 13.1 Å². The van der Waals surface area contributed by atoms with Crippen LogP contribution in [0.2, 0.25) is 0 Å². The summed E-state index contributed by atoms with van der Waals surface area (Å²) < 4.78 is 0. The van der Waals surface area contributed by atoms with Gasteiger partial charge in [-0.15, -0.1) is 0 Å². The predicted molar refractivity (Wildman–Crippen MR) is 63.9 cm³/mol. The van der Waals surface area contributed by atoms with Crippen LogP contribution in [0.1, 0.15) is 11.6 Å². The van der Waals surface area contributed by atoms with Gasteiger partial charge in [-0.05, 0) is 0 Å². The lowest BCUT2D eigenvalue weighted by Crippen LogP contribution is -2.64. The van der Waals surface area contributed by atoms with Gasteiger partial charge < -0.3 is 0 Å². The van der Waals surface area contributed by atoms with Crippen LogP contribution >= 0.6 is 0 Å². The fraction of sp³-hybridized carbons (Fsp3) is 0.636. The lowest BCUT2D eigenvalue weighted by molar-refractivity contribution is -0.00379. The number of fused-ring (bicyclic) bond motifs is 3. The minimum Gasteiger partial charge on any atom is -0.299 e. The van der Waals surface area contributed by atoms with Crippen molar-refractivity contribution in [3.63, 3.8) is 0 Å². The summed E-state index contributed by atoms with van der Waals surface area (Å²) in [7, 11) is 0. The van der Waals surface area contributed by atoms with Gasteiger partial charge in [0.15, 0.2) is 0 Å². The van der Waals surface area contributed by atoms with Gasteiger partial charge in [0.25, 0.3) is 0 Å². The number of nitrogens with zero attached hydrogens (tertiary/aromatic N) is 4. The second-order valence-electron chi connectivity index (χ2n) is 4.72. The number of piperazine rings is 3. The molecule has 0 spiro atoms. The summed E-state index contributed by atoms with van der Waals surface area (Å²) in [5.41, 5.74) is 3.99. The monoisotopic (exact) mass is 234 g/mol. The molecule has 3 N–H and O–H groups in total. The molecule has 0 amide bonds. The molecule has 0 saturated carbocycles. The molecule has 6 nitrogen and oxygen atoms in total. The highest BCUT2D eigenvalue weighted by Gasteiger charge is 2.37. The first-order valence-electron chi connectivity index (χ1n) is 6.06. The van der Waals surface area contributed by atoms with Gasteiger partial charge in [-0.2, -0.15) is 0 Å². The van der Waals surface area contributed by atoms with E-state index in [0.29, 0.717) is 6.04 Å². The highest BCUT2D eigenvalue weighted by molar-refractivity contribution is 5.14. The van der Waals surface area contributed by atoms with Crippen molar-refractivity contribution in [1.29, 1.82) is 0 Å². The number of aromatic nitrogens is 2. The van der Waals surface area contributed by atoms with Crippen LogP contribution in [0.15, 0.2) is 18.7 Å². The van der Waals surface area contributed by atoms with Gasteiger partial charge in [-0.3, -0.25) is 21.1 Å². The smallest absolute Gasteiger partial charge is 0.115 e. The van der Waals surface area contributed by atoms with Gasteiger partial charge in [0.1, 0.15) is 6.33 Å². The zero-order valence-corrected chi connectivity index (χ0v) is 9.79. The SMILES string of the molecule is NNC(c1cncnc1)C1CN2CCN1CC2. The maximum atomic E-state index is 5.72. The molecule has 1 aromatic rings. The molecule has 3 aliphatic heterocycles. The molecular formula is C11H18N6. The summed E-state index contributed by atoms with van der Waals surface area (Å²) >= 11 is 0. The molecule has 2 unspecified atom stereocenters. The third-order valence-corrected chi connectivity index (χ3v) is 3.83. The number of hydrogen-bond acceptors (Lipinski definition) is 6. The second kappa shape index (κ2) is 4.66. The minimum absolute atomic E-state index is 0.110. The molecule has 1 aromatic heterocycles. The number of nitrogens with two attached hydrogens (primary N) is 1. The Labute approximate surface area is 101 Å². The van der Waals surface area contributed by atoms with E-state index >= 15 is 0 Å². The van der Waals surface area contributed by atoms with Crippen molar-refractivity contribution < 1.29 is 0 Å². The topological polar surface area (TPSA) is 70.3 Å². The quantitative estimate of drug-likeness (QED) is 0.515. The highest BCUT2D eigenvalue weighted by atomic mass is 15.4. The Morgan fingerprint density at radius 2 is 1.94 bits per heavy atom. The van der Waals surface area contributed by atoms with Gasteiger partial charge in [-0.1, -0.05) is 0 Å². The summed E-state index contributed by atoms with van der Waals surface area (Å²) in [6.45, 7) is 5.70. The maximum absolute atomic E-state index is 5.72. The maximum Gasteiger partial charge on any atom is 0.115 e. The first-order valence-corrected chi connectivity index (χ1v) is 6.06. The van der Waals surface area contributed by atoms with Gasteiger partial charge in [-0.25, -0.2) is 9.97 Å². The molecule has 3 saturated heterocycles. The number of hydrazine groups is 1. The van der Waals surface area contributed by atoms with Crippen molar-refractivity contribution in [2.75, 3.05) is 32.7 Å². The molecule has 0 radical (unpaired) electrons. The lowest BCUT2D eigenvalue weighted by Gasteiger charge is -2.49. The summed E-state index contributed by atoms with van der Waals surface area (Å²) in [6, 6.07) is 0.535. The average molecular weight is 234 g/mol. The average Bonchev–Trinajstić information content (AvgIpc) is 2.42. The summed E-state index contributed by atoms with van der Waals surface area (Å²) in [5, 5.41) is 0. The van der Waals surface area contributed by atoms with Crippen LogP contribution < -0.4 is 11.3 Å². The Kier molecular flexibility index (Phi) is 3.02. The molecule has 0 aromatic carbocycles. The molecule has 6 heteroatoms. The highest BCUT2D eigenvalue weighted by Crippen LogP contribution is 2.25. The largest absolute Gasteiger partial charge is 0.299 e. The number of rotatable bonds is 3. The first kappa shape index (κ1) is 11.0. The fourth-order valence-electron chi connectivity index (χ4n) is 2.87. The van der Waals surface area contributed by atoms with Crippen LogP contribution in [0.4, 0.5) is 0 Å². The molecule has 2 atom stereocenters. The molecule has 17 heavy (non-hydrogen) atoms. The van der Waals surface area contributed by atoms with Crippen LogP contribution in [0.3, 0.4) is 0 Å². The van der Waals surface area contributed by atoms with Gasteiger partial charge >= 0.3 is 0 Å². The van der Waals surface area contributed by atoms with Crippen molar-refractivity contribution >= 4 is 0 Å². The van der Waals surface area contributed by atoms with Crippen LogP contribution in [0, 0.1) is 0 Å². The predicted octanol–water partition coefficient (Wildman–Crippen LogP) is -1.02. The fourth-order valence-corrected chi connectivity index (χ4v) is 2.87. The van der Waals surface area contributed by atoms with Crippen LogP contribution in [-0.2, 0) is 0 Å². The number of nitrogens with one attached hydrogen (secondary N) is 1. The van der Waals surface area contributed by atoms with E-state index in [1.54, 1.807) is 6.33 Å². The zero-order valence-electron chi connectivity index (χ0n) is 9.79. The molecule has 3 aliphatic rings. The minimum atomic E-state index is 0.110. The Morgan fingerprint density at radius 1 is 1.24 bits per heavy atom. The Morgan fingerprint density at radius 3 is 2.47 bits per heavy atom. The molecule has 0 aliphatic carbocycles. The van der Waals surface area contributed by atoms with E-state index in [-0.39, 0.29) is 6.04 Å². The van der Waals surface area contributed by atoms with Crippen LogP contribution in [0.5, 0.6) is 0 Å². The van der Waals surface area contributed by atoms with Crippen LogP contribution in [-0.4, -0.2) is 58.5 Å². The van der Waals surface area contributed by atoms with Crippen molar-refractivity contribution in [2.45, 2.75) is 12.1 Å². The molecule has 4 heterocycles. The van der Waals surface area contributed by atoms with Crippen molar-refractivity contribution in [3.8, 4) is 0 Å². The third kappa shape index (κ3) is 2.04. The van der Waals surface area contributed by atoms with E-state index < -0.39 is 0 Å². The van der Waals surface area contributed by atoms with E-state index in [1.807, 2.05) is 12.4 Å². The Bertz CT molecular complexity index is 361. The Balaban J connectivity index is 1.82. The molecule has 2 bridgehead atoms. The van der Waals surface area contributed by atoms with Gasteiger partial charge in [0, 0.05) is 56.7 Å². The molecule has 92 valence electrons. The van der Waals surface area contributed by atoms with Crippen molar-refractivity contribution in [2.24, 2.45) is 5.84 Å². The van der Waals surface area contributed by atoms with Gasteiger partial charge in [0.05, 0.1) is 6.04 Å². The summed E-state index contributed by atoms with van der Waals surface area (Å²) in [5.74, 6) is 5.72. The summed E-state index contributed by atoms with van der Waals surface area (Å²) in [6.07, 6.45) is 5.24. The van der Waals surface area contributed by atoms with Crippen molar-refractivity contribution in [3.05, 3.63) is 24.3 Å². The molecule has 3 fully saturated rings. The normalized spacial score (nSPS) is 33.6. The van der Waals surface area contributed by atoms with E-state index in [2.05, 4.69) is 25.2 Å². The second-order valence-corrected chi connectivity index (χ2v) is 4.72. The van der Waals surface area contributed by atoms with E-state index in [4.69, 9.17) is 5.84 Å². The zero-order chi connectivity index (χ0) is 11.7. The summed E-state index contributed by atoms with van der Waals surface area (Å²) in [4.78, 5) is 13.2. The lowest BCUT2D eigenvalue weighted by atomic mass is 9.96. The van der Waals surface area contributed by atoms with E-state index in [0.717, 1.165) is 25.2 Å². The molecule has 4 rings (SSSR count). The standard InChI is InChI=1S/C11H18N6/c12-15-11(9-5-13-8-14-6-9)10-7-16-1-3-17(10)4-2-16/h5-6,8,10-11,15H,1-4,7,12H2. The number of hydrogen-bond donors (Lipinski definition) is 2. The molecular weight excluding hydrogens is 216 g/mol. The van der Waals surface area contributed by atoms with Crippen LogP contribution in [0.25, 0.3) is 0 Å². The Hall–Kier alpha value is -1.08. The third-order valence-electron chi connectivity index (χ3n) is 3.83. The van der Waals surface area contributed by atoms with Crippen molar-refractivity contribution in [1.82, 2.24) is 25.2 Å².